The van der Waals surface area contributed by atoms with Gasteiger partial charge in [-0.1, -0.05) is 19.9 Å². The Kier molecular flexibility index (Phi) is 9.18. The summed E-state index contributed by atoms with van der Waals surface area (Å²) in [6.45, 7) is 7.17. The summed E-state index contributed by atoms with van der Waals surface area (Å²) in [5, 5.41) is 3.40. The maximum Gasteiger partial charge on any atom is 0.341 e. The fourth-order valence-electron chi connectivity index (χ4n) is 3.48. The van der Waals surface area contributed by atoms with Crippen LogP contribution in [-0.4, -0.2) is 51.2 Å². The predicted molar refractivity (Wildman–Crippen MR) is 114 cm³/mol. The lowest BCUT2D eigenvalue weighted by molar-refractivity contribution is 0.0597. The summed E-state index contributed by atoms with van der Waals surface area (Å²) < 4.78 is 10.1. The van der Waals surface area contributed by atoms with E-state index in [0.717, 1.165) is 24.6 Å². The van der Waals surface area contributed by atoms with Gasteiger partial charge in [0.15, 0.2) is 5.96 Å². The topological polar surface area (TPSA) is 63.2 Å². The Hall–Kier alpha value is -1.51. The van der Waals surface area contributed by atoms with Crippen LogP contribution in [-0.2, 0) is 11.3 Å². The monoisotopic (exact) mass is 475 g/mol. The third kappa shape index (κ3) is 5.75. The normalized spacial score (nSPS) is 20.2. The standard InChI is InChI=1S/C19H29N3O3.HI/c1-13-8-14(2)12-22(11-13)19(20-3)21-10-15-6-7-17(24-4)16(9-15)18(23)25-5;/h6-7,9,13-14H,8,10-12H2,1-5H3,(H,20,21);1H. The summed E-state index contributed by atoms with van der Waals surface area (Å²) >= 11 is 0. The first kappa shape index (κ1) is 22.5. The second-order valence-electron chi connectivity index (χ2n) is 6.78. The fourth-order valence-corrected chi connectivity index (χ4v) is 3.48. The Balaban J connectivity index is 0.00000338. The highest BCUT2D eigenvalue weighted by Crippen LogP contribution is 2.22. The first-order valence-corrected chi connectivity index (χ1v) is 8.69. The molecule has 0 bridgehead atoms. The van der Waals surface area contributed by atoms with Crippen molar-refractivity contribution >= 4 is 35.9 Å². The largest absolute Gasteiger partial charge is 0.496 e. The zero-order valence-corrected chi connectivity index (χ0v) is 18.6. The molecule has 1 heterocycles. The molecule has 1 aliphatic rings. The van der Waals surface area contributed by atoms with Crippen molar-refractivity contribution in [3.8, 4) is 5.75 Å². The molecule has 0 saturated carbocycles. The molecule has 1 aromatic rings. The van der Waals surface area contributed by atoms with Gasteiger partial charge < -0.3 is 19.7 Å². The van der Waals surface area contributed by atoms with Crippen LogP contribution in [0.1, 0.15) is 36.2 Å². The van der Waals surface area contributed by atoms with Crippen molar-refractivity contribution in [3.05, 3.63) is 29.3 Å². The highest BCUT2D eigenvalue weighted by atomic mass is 127. The van der Waals surface area contributed by atoms with Gasteiger partial charge in [0, 0.05) is 26.7 Å². The number of esters is 1. The summed E-state index contributed by atoms with van der Waals surface area (Å²) in [6, 6.07) is 5.52. The van der Waals surface area contributed by atoms with Gasteiger partial charge in [-0.25, -0.2) is 4.79 Å². The second-order valence-corrected chi connectivity index (χ2v) is 6.78. The number of ether oxygens (including phenoxy) is 2. The van der Waals surface area contributed by atoms with Crippen molar-refractivity contribution in [2.24, 2.45) is 16.8 Å². The Bertz CT molecular complexity index is 626. The average Bonchev–Trinajstić information content (AvgIpc) is 2.60. The van der Waals surface area contributed by atoms with Gasteiger partial charge >= 0.3 is 5.97 Å². The Morgan fingerprint density at radius 1 is 1.27 bits per heavy atom. The number of hydrogen-bond donors (Lipinski definition) is 1. The van der Waals surface area contributed by atoms with Crippen LogP contribution in [0.2, 0.25) is 0 Å². The highest BCUT2D eigenvalue weighted by molar-refractivity contribution is 14.0. The summed E-state index contributed by atoms with van der Waals surface area (Å²) in [7, 11) is 4.72. The van der Waals surface area contributed by atoms with E-state index in [1.165, 1.54) is 13.5 Å². The molecule has 0 amide bonds. The molecule has 0 spiro atoms. The van der Waals surface area contributed by atoms with Crippen molar-refractivity contribution in [3.63, 3.8) is 0 Å². The molecule has 2 atom stereocenters. The zero-order chi connectivity index (χ0) is 18.4. The fraction of sp³-hybridized carbons (Fsp3) is 0.579. The lowest BCUT2D eigenvalue weighted by Crippen LogP contribution is -2.48. The average molecular weight is 475 g/mol. The lowest BCUT2D eigenvalue weighted by Gasteiger charge is -2.37. The first-order valence-electron chi connectivity index (χ1n) is 8.69. The van der Waals surface area contributed by atoms with Crippen LogP contribution in [0.4, 0.5) is 0 Å². The zero-order valence-electron chi connectivity index (χ0n) is 16.2. The number of halogens is 1. The Morgan fingerprint density at radius 3 is 2.46 bits per heavy atom. The van der Waals surface area contributed by atoms with Crippen LogP contribution < -0.4 is 10.1 Å². The number of guanidine groups is 1. The van der Waals surface area contributed by atoms with Gasteiger partial charge in [0.2, 0.25) is 0 Å². The number of carbonyl (C=O) groups is 1. The van der Waals surface area contributed by atoms with Crippen molar-refractivity contribution in [2.45, 2.75) is 26.8 Å². The molecule has 1 fully saturated rings. The minimum absolute atomic E-state index is 0. The van der Waals surface area contributed by atoms with E-state index in [4.69, 9.17) is 9.47 Å². The number of nitrogens with one attached hydrogen (secondary N) is 1. The van der Waals surface area contributed by atoms with Crippen LogP contribution in [0.3, 0.4) is 0 Å². The van der Waals surface area contributed by atoms with Crippen LogP contribution >= 0.6 is 24.0 Å². The predicted octanol–water partition coefficient (Wildman–Crippen LogP) is 3.15. The number of benzene rings is 1. The summed E-state index contributed by atoms with van der Waals surface area (Å²) in [5.41, 5.74) is 1.40. The van der Waals surface area contributed by atoms with E-state index in [1.807, 2.05) is 6.07 Å². The van der Waals surface area contributed by atoms with E-state index < -0.39 is 5.97 Å². The van der Waals surface area contributed by atoms with Crippen molar-refractivity contribution < 1.29 is 14.3 Å². The van der Waals surface area contributed by atoms with Gasteiger partial charge in [0.25, 0.3) is 0 Å². The molecule has 146 valence electrons. The second kappa shape index (κ2) is 10.6. The summed E-state index contributed by atoms with van der Waals surface area (Å²) in [4.78, 5) is 18.6. The van der Waals surface area contributed by atoms with Gasteiger partial charge in [0.05, 0.1) is 14.2 Å². The molecule has 7 heteroatoms. The lowest BCUT2D eigenvalue weighted by atomic mass is 9.92. The minimum atomic E-state index is -0.401. The summed E-state index contributed by atoms with van der Waals surface area (Å²) in [5.74, 6) is 2.33. The number of carbonyl (C=O) groups excluding carboxylic acids is 1. The van der Waals surface area contributed by atoms with Crippen LogP contribution in [0.15, 0.2) is 23.2 Å². The van der Waals surface area contributed by atoms with E-state index in [0.29, 0.717) is 29.7 Å². The van der Waals surface area contributed by atoms with Crippen molar-refractivity contribution in [1.82, 2.24) is 10.2 Å². The molecular weight excluding hydrogens is 445 g/mol. The number of piperidine rings is 1. The van der Waals surface area contributed by atoms with Gasteiger partial charge in [-0.05, 0) is 36.0 Å². The number of nitrogens with zero attached hydrogens (tertiary/aromatic N) is 2. The minimum Gasteiger partial charge on any atom is -0.496 e. The van der Waals surface area contributed by atoms with Crippen LogP contribution in [0.25, 0.3) is 0 Å². The van der Waals surface area contributed by atoms with E-state index in [2.05, 4.69) is 29.1 Å². The quantitative estimate of drug-likeness (QED) is 0.314. The maximum absolute atomic E-state index is 11.9. The van der Waals surface area contributed by atoms with Crippen molar-refractivity contribution in [2.75, 3.05) is 34.4 Å². The molecule has 1 aromatic carbocycles. The van der Waals surface area contributed by atoms with Crippen LogP contribution in [0.5, 0.6) is 5.75 Å². The van der Waals surface area contributed by atoms with Gasteiger partial charge in [0.1, 0.15) is 11.3 Å². The summed E-state index contributed by atoms with van der Waals surface area (Å²) in [6.07, 6.45) is 1.26. The third-order valence-corrected chi connectivity index (χ3v) is 4.50. The third-order valence-electron chi connectivity index (χ3n) is 4.50. The van der Waals surface area contributed by atoms with Gasteiger partial charge in [-0.15, -0.1) is 24.0 Å². The Morgan fingerprint density at radius 2 is 1.92 bits per heavy atom. The molecule has 0 radical (unpaired) electrons. The smallest absolute Gasteiger partial charge is 0.341 e. The molecule has 1 aliphatic heterocycles. The molecule has 2 unspecified atom stereocenters. The molecular formula is C19H30IN3O3. The van der Waals surface area contributed by atoms with Gasteiger partial charge in [-0.2, -0.15) is 0 Å². The molecule has 6 nitrogen and oxygen atoms in total. The number of methoxy groups -OCH3 is 2. The van der Waals surface area contributed by atoms with E-state index in [1.54, 1.807) is 26.3 Å². The molecule has 0 aromatic heterocycles. The SMILES string of the molecule is CN=C(NCc1ccc(OC)c(C(=O)OC)c1)N1CC(C)CC(C)C1.I. The number of likely N-dealkylation sites (tertiary alicyclic amines) is 1. The van der Waals surface area contributed by atoms with Gasteiger partial charge in [-0.3, -0.25) is 4.99 Å². The van der Waals surface area contributed by atoms with E-state index >= 15 is 0 Å². The maximum atomic E-state index is 11.9. The molecule has 26 heavy (non-hydrogen) atoms. The molecule has 1 N–H and O–H groups in total. The molecule has 1 saturated heterocycles. The highest BCUT2D eigenvalue weighted by Gasteiger charge is 2.24. The van der Waals surface area contributed by atoms with Crippen molar-refractivity contribution in [1.29, 1.82) is 0 Å². The first-order chi connectivity index (χ1) is 12.0. The molecule has 2 rings (SSSR count). The number of aliphatic imine (C=N–C) groups is 1. The number of rotatable bonds is 4. The Labute approximate surface area is 173 Å². The van der Waals surface area contributed by atoms with E-state index in [9.17, 15) is 4.79 Å². The van der Waals surface area contributed by atoms with Crippen LogP contribution in [0, 0.1) is 11.8 Å². The van der Waals surface area contributed by atoms with E-state index in [-0.39, 0.29) is 24.0 Å². The number of hydrogen-bond acceptors (Lipinski definition) is 4. The molecule has 0 aliphatic carbocycles.